The molecule has 19 heavy (non-hydrogen) atoms. The summed E-state index contributed by atoms with van der Waals surface area (Å²) >= 11 is 0.985. The van der Waals surface area contributed by atoms with E-state index in [1.807, 2.05) is 0 Å². The van der Waals surface area contributed by atoms with Crippen LogP contribution in [0.5, 0.6) is 0 Å². The van der Waals surface area contributed by atoms with Crippen LogP contribution in [-0.2, 0) is 14.4 Å². The second-order valence-corrected chi connectivity index (χ2v) is 4.51. The van der Waals surface area contributed by atoms with Gasteiger partial charge in [-0.3, -0.25) is 9.59 Å². The Labute approximate surface area is 111 Å². The number of amides is 2. The van der Waals surface area contributed by atoms with Gasteiger partial charge in [0.25, 0.3) is 0 Å². The number of nitrogens with one attached hydrogen (secondary N) is 2. The van der Waals surface area contributed by atoms with Crippen molar-refractivity contribution in [3.63, 3.8) is 0 Å². The van der Waals surface area contributed by atoms with Gasteiger partial charge in [-0.25, -0.2) is 4.79 Å². The molecular weight excluding hydrogens is 289 g/mol. The van der Waals surface area contributed by atoms with Gasteiger partial charge in [0.1, 0.15) is 12.6 Å². The molecule has 0 aromatic rings. The van der Waals surface area contributed by atoms with Crippen molar-refractivity contribution >= 4 is 30.0 Å². The fourth-order valence-electron chi connectivity index (χ4n) is 0.976. The number of carboxylic acid groups (broad SMARTS) is 1. The first-order valence-electron chi connectivity index (χ1n) is 5.10. The van der Waals surface area contributed by atoms with Gasteiger partial charge in [-0.2, -0.15) is 24.9 Å². The smallest absolute Gasteiger partial charge is 0.405 e. The number of carbonyl (C=O) groups excluding carboxylic acids is 2. The van der Waals surface area contributed by atoms with Crippen LogP contribution in [0.25, 0.3) is 0 Å². The summed E-state index contributed by atoms with van der Waals surface area (Å²) in [5.41, 5.74) is 0. The van der Waals surface area contributed by atoms with Crippen LogP contribution in [0.3, 0.4) is 0 Å². The molecule has 2 amide bonds. The molecule has 0 saturated heterocycles. The summed E-state index contributed by atoms with van der Waals surface area (Å²) in [5.74, 6) is -1.98. The number of hydrogen-bond acceptors (Lipinski definition) is 4. The molecule has 0 spiro atoms. The molecule has 0 aromatic carbocycles. The molecule has 0 bridgehead atoms. The van der Waals surface area contributed by atoms with Crippen LogP contribution in [0.2, 0.25) is 0 Å². The lowest BCUT2D eigenvalue weighted by atomic mass is 10.2. The highest BCUT2D eigenvalue weighted by Gasteiger charge is 2.27. The maximum atomic E-state index is 11.8. The maximum Gasteiger partial charge on any atom is 0.405 e. The lowest BCUT2D eigenvalue weighted by Gasteiger charge is -2.11. The predicted octanol–water partition coefficient (Wildman–Crippen LogP) is -0.0126. The largest absolute Gasteiger partial charge is 0.480 e. The van der Waals surface area contributed by atoms with Crippen molar-refractivity contribution in [2.24, 2.45) is 0 Å². The normalized spacial score (nSPS) is 12.6. The molecule has 1 atom stereocenters. The molecule has 110 valence electrons. The van der Waals surface area contributed by atoms with Crippen LogP contribution in [0.15, 0.2) is 0 Å². The molecule has 0 rings (SSSR count). The number of alkyl halides is 3. The Bertz CT molecular complexity index is 325. The van der Waals surface area contributed by atoms with Crippen LogP contribution in [0, 0.1) is 0 Å². The van der Waals surface area contributed by atoms with Crippen molar-refractivity contribution in [2.75, 3.05) is 18.1 Å². The highest BCUT2D eigenvalue weighted by Crippen LogP contribution is 2.12. The van der Waals surface area contributed by atoms with E-state index in [-0.39, 0.29) is 24.3 Å². The average Bonchev–Trinajstić information content (AvgIpc) is 2.29. The molecule has 10 heteroatoms. The number of thioether (sulfide) groups is 1. The molecule has 6 nitrogen and oxygen atoms in total. The molecular formula is C9H13F3N2O4S. The Morgan fingerprint density at radius 3 is 2.47 bits per heavy atom. The number of aliphatic carboxylic acids is 1. The van der Waals surface area contributed by atoms with E-state index >= 15 is 0 Å². The Balaban J connectivity index is 3.75. The third-order valence-corrected chi connectivity index (χ3v) is 2.83. The lowest BCUT2D eigenvalue weighted by Crippen LogP contribution is -2.36. The summed E-state index contributed by atoms with van der Waals surface area (Å²) in [6.45, 7) is -1.39. The summed E-state index contributed by atoms with van der Waals surface area (Å²) in [6.07, 6.45) is -4.13. The first-order chi connectivity index (χ1) is 8.76. The predicted molar refractivity (Wildman–Crippen MR) is 61.6 cm³/mol. The topological polar surface area (TPSA) is 95.5 Å². The summed E-state index contributed by atoms with van der Waals surface area (Å²) in [5, 5.41) is 12.4. The number of rotatable bonds is 9. The van der Waals surface area contributed by atoms with Gasteiger partial charge < -0.3 is 15.7 Å². The molecule has 0 heterocycles. The van der Waals surface area contributed by atoms with Crippen molar-refractivity contribution in [2.45, 2.75) is 18.6 Å². The van der Waals surface area contributed by atoms with Gasteiger partial charge in [0, 0.05) is 0 Å². The Morgan fingerprint density at radius 2 is 2.00 bits per heavy atom. The molecule has 0 fully saturated rings. The molecule has 0 saturated carbocycles. The van der Waals surface area contributed by atoms with Crippen molar-refractivity contribution in [1.29, 1.82) is 0 Å². The van der Waals surface area contributed by atoms with Gasteiger partial charge in [0.15, 0.2) is 0 Å². The van der Waals surface area contributed by atoms with Crippen molar-refractivity contribution in [3.8, 4) is 0 Å². The Hall–Kier alpha value is -1.45. The van der Waals surface area contributed by atoms with Gasteiger partial charge in [-0.05, 0) is 12.2 Å². The molecule has 1 unspecified atom stereocenters. The minimum atomic E-state index is -4.46. The second-order valence-electron chi connectivity index (χ2n) is 3.41. The molecule has 0 aliphatic heterocycles. The quantitative estimate of drug-likeness (QED) is 0.411. The average molecular weight is 302 g/mol. The number of carbonyl (C=O) groups is 3. The molecule has 3 N–H and O–H groups in total. The fourth-order valence-corrected chi connectivity index (χ4v) is 1.81. The van der Waals surface area contributed by atoms with E-state index in [2.05, 4.69) is 5.32 Å². The second kappa shape index (κ2) is 8.62. The summed E-state index contributed by atoms with van der Waals surface area (Å²) in [4.78, 5) is 31.7. The zero-order valence-electron chi connectivity index (χ0n) is 9.70. The zero-order valence-corrected chi connectivity index (χ0v) is 10.5. The van der Waals surface area contributed by atoms with Crippen LogP contribution in [0.1, 0.15) is 6.42 Å². The zero-order chi connectivity index (χ0) is 14.9. The monoisotopic (exact) mass is 302 g/mol. The van der Waals surface area contributed by atoms with Crippen LogP contribution < -0.4 is 10.6 Å². The highest BCUT2D eigenvalue weighted by molar-refractivity contribution is 7.99. The van der Waals surface area contributed by atoms with Gasteiger partial charge in [0.05, 0.1) is 5.75 Å². The standard InChI is InChI=1S/C9H13F3N2O4S/c10-9(11,12)4-13-7(16)3-19-2-1-6(8(17)18)14-5-15/h5-6H,1-4H2,(H,13,16)(H,14,15)(H,17,18). The van der Waals surface area contributed by atoms with E-state index in [4.69, 9.17) is 5.11 Å². The minimum absolute atomic E-state index is 0.0747. The van der Waals surface area contributed by atoms with Crippen LogP contribution in [0.4, 0.5) is 13.2 Å². The van der Waals surface area contributed by atoms with Gasteiger partial charge in [-0.1, -0.05) is 0 Å². The molecule has 0 aliphatic carbocycles. The van der Waals surface area contributed by atoms with E-state index in [0.29, 0.717) is 0 Å². The molecule has 0 aliphatic rings. The fraction of sp³-hybridized carbons (Fsp3) is 0.667. The number of halogens is 3. The first kappa shape index (κ1) is 17.6. The number of carboxylic acids is 1. The van der Waals surface area contributed by atoms with Crippen molar-refractivity contribution in [3.05, 3.63) is 0 Å². The Morgan fingerprint density at radius 1 is 1.37 bits per heavy atom. The van der Waals surface area contributed by atoms with E-state index in [0.717, 1.165) is 11.8 Å². The van der Waals surface area contributed by atoms with Gasteiger partial charge in [-0.15, -0.1) is 0 Å². The van der Waals surface area contributed by atoms with Crippen LogP contribution in [-0.4, -0.2) is 53.7 Å². The van der Waals surface area contributed by atoms with E-state index < -0.39 is 30.6 Å². The summed E-state index contributed by atoms with van der Waals surface area (Å²) in [7, 11) is 0. The number of hydrogen-bond donors (Lipinski definition) is 3. The first-order valence-corrected chi connectivity index (χ1v) is 6.25. The van der Waals surface area contributed by atoms with Crippen LogP contribution >= 0.6 is 11.8 Å². The Kier molecular flexibility index (Phi) is 7.96. The maximum absolute atomic E-state index is 11.8. The SMILES string of the molecule is O=CNC(CCSCC(=O)NCC(F)(F)F)C(=O)O. The highest BCUT2D eigenvalue weighted by atomic mass is 32.2. The minimum Gasteiger partial charge on any atom is -0.480 e. The molecule has 0 radical (unpaired) electrons. The third-order valence-electron chi connectivity index (χ3n) is 1.84. The third kappa shape index (κ3) is 10.2. The summed E-state index contributed by atoms with van der Waals surface area (Å²) < 4.78 is 35.3. The van der Waals surface area contributed by atoms with E-state index in [9.17, 15) is 27.6 Å². The summed E-state index contributed by atoms with van der Waals surface area (Å²) in [6, 6.07) is -1.07. The van der Waals surface area contributed by atoms with Crippen molar-refractivity contribution < 1.29 is 32.7 Å². The van der Waals surface area contributed by atoms with Gasteiger partial charge >= 0.3 is 12.1 Å². The van der Waals surface area contributed by atoms with E-state index in [1.54, 1.807) is 5.32 Å². The lowest BCUT2D eigenvalue weighted by molar-refractivity contribution is -0.140. The van der Waals surface area contributed by atoms with Crippen molar-refractivity contribution in [1.82, 2.24) is 10.6 Å². The van der Waals surface area contributed by atoms with Gasteiger partial charge in [0.2, 0.25) is 12.3 Å². The molecule has 0 aromatic heterocycles. The van der Waals surface area contributed by atoms with E-state index in [1.165, 1.54) is 0 Å².